The molecule has 0 aliphatic carbocycles. The lowest BCUT2D eigenvalue weighted by atomic mass is 9.94. The first-order chi connectivity index (χ1) is 9.89. The Morgan fingerprint density at radius 2 is 2.10 bits per heavy atom. The number of anilines is 1. The van der Waals surface area contributed by atoms with Crippen molar-refractivity contribution in [1.29, 1.82) is 0 Å². The van der Waals surface area contributed by atoms with Gasteiger partial charge < -0.3 is 20.3 Å². The van der Waals surface area contributed by atoms with Gasteiger partial charge >= 0.3 is 5.97 Å². The van der Waals surface area contributed by atoms with E-state index in [9.17, 15) is 9.90 Å². The minimum Gasteiger partial charge on any atom is -0.478 e. The zero-order valence-corrected chi connectivity index (χ0v) is 12.4. The van der Waals surface area contributed by atoms with Crippen LogP contribution in [-0.2, 0) is 4.74 Å². The highest BCUT2D eigenvalue weighted by atomic mass is 16.5. The number of rotatable bonds is 5. The Morgan fingerprint density at radius 3 is 2.67 bits per heavy atom. The number of carboxylic acids is 1. The molecule has 1 saturated heterocycles. The highest BCUT2D eigenvalue weighted by molar-refractivity contribution is 5.88. The van der Waals surface area contributed by atoms with Gasteiger partial charge in [-0.25, -0.2) is 9.78 Å². The van der Waals surface area contributed by atoms with Crippen LogP contribution in [0.5, 0.6) is 0 Å². The summed E-state index contributed by atoms with van der Waals surface area (Å²) in [4.78, 5) is 15.6. The molecule has 21 heavy (non-hydrogen) atoms. The topological polar surface area (TPSA) is 91.7 Å². The largest absolute Gasteiger partial charge is 0.478 e. The second kappa shape index (κ2) is 6.41. The van der Waals surface area contributed by atoms with Gasteiger partial charge in [-0.05, 0) is 18.1 Å². The number of hydrogen-bond donors (Lipinski definition) is 3. The van der Waals surface area contributed by atoms with Crippen LogP contribution in [0.1, 0.15) is 48.7 Å². The fraction of sp³-hybridized carbons (Fsp3) is 0.600. The number of pyridine rings is 1. The molecule has 1 aliphatic heterocycles. The van der Waals surface area contributed by atoms with E-state index in [1.54, 1.807) is 6.07 Å². The number of aromatic nitrogens is 1. The fourth-order valence-corrected chi connectivity index (χ4v) is 2.24. The van der Waals surface area contributed by atoms with Crippen molar-refractivity contribution >= 4 is 11.8 Å². The molecule has 1 aromatic rings. The predicted molar refractivity (Wildman–Crippen MR) is 78.8 cm³/mol. The summed E-state index contributed by atoms with van der Waals surface area (Å²) in [6, 6.07) is 3.08. The summed E-state index contributed by atoms with van der Waals surface area (Å²) in [5.74, 6) is -0.360. The summed E-state index contributed by atoms with van der Waals surface area (Å²) in [6.07, 6.45) is 1.13. The average Bonchev–Trinajstić information content (AvgIpc) is 2.45. The molecule has 0 amide bonds. The first-order valence-corrected chi connectivity index (χ1v) is 7.19. The van der Waals surface area contributed by atoms with Gasteiger partial charge in [-0.2, -0.15) is 0 Å². The maximum absolute atomic E-state index is 11.2. The molecular weight excluding hydrogens is 272 g/mol. The molecule has 1 aromatic heterocycles. The summed E-state index contributed by atoms with van der Waals surface area (Å²) in [5, 5.41) is 22.6. The fourth-order valence-electron chi connectivity index (χ4n) is 2.24. The standard InChI is InChI=1S/C15H22N2O4/c1-10(2)12-7-11(14(18)19)8-13(17-12)16-9-15(20)3-5-21-6-4-15/h7-8,10,20H,3-6,9H2,1-2H3,(H,16,17)(H,18,19). The van der Waals surface area contributed by atoms with Crippen LogP contribution >= 0.6 is 0 Å². The molecule has 3 N–H and O–H groups in total. The number of aliphatic hydroxyl groups is 1. The van der Waals surface area contributed by atoms with Crippen molar-refractivity contribution in [2.45, 2.75) is 38.2 Å². The molecule has 0 aromatic carbocycles. The van der Waals surface area contributed by atoms with E-state index in [-0.39, 0.29) is 11.5 Å². The molecule has 2 heterocycles. The van der Waals surface area contributed by atoms with Gasteiger partial charge in [-0.15, -0.1) is 0 Å². The zero-order valence-electron chi connectivity index (χ0n) is 12.4. The second-order valence-electron chi connectivity index (χ2n) is 5.82. The lowest BCUT2D eigenvalue weighted by molar-refractivity contribution is -0.0543. The monoisotopic (exact) mass is 294 g/mol. The molecule has 0 radical (unpaired) electrons. The molecule has 1 fully saturated rings. The Hall–Kier alpha value is -1.66. The van der Waals surface area contributed by atoms with Crippen molar-refractivity contribution < 1.29 is 19.7 Å². The average molecular weight is 294 g/mol. The number of nitrogens with one attached hydrogen (secondary N) is 1. The lowest BCUT2D eigenvalue weighted by Crippen LogP contribution is -2.42. The van der Waals surface area contributed by atoms with Gasteiger partial charge in [-0.1, -0.05) is 13.8 Å². The molecule has 0 bridgehead atoms. The van der Waals surface area contributed by atoms with E-state index in [4.69, 9.17) is 9.84 Å². The van der Waals surface area contributed by atoms with Crippen molar-refractivity contribution in [1.82, 2.24) is 4.98 Å². The van der Waals surface area contributed by atoms with E-state index in [0.29, 0.717) is 38.4 Å². The van der Waals surface area contributed by atoms with Crippen LogP contribution < -0.4 is 5.32 Å². The van der Waals surface area contributed by atoms with Crippen molar-refractivity contribution in [3.05, 3.63) is 23.4 Å². The molecule has 0 spiro atoms. The van der Waals surface area contributed by atoms with Gasteiger partial charge in [-0.3, -0.25) is 0 Å². The summed E-state index contributed by atoms with van der Waals surface area (Å²) >= 11 is 0. The second-order valence-corrected chi connectivity index (χ2v) is 5.82. The van der Waals surface area contributed by atoms with Crippen LogP contribution in [0, 0.1) is 0 Å². The number of hydrogen-bond acceptors (Lipinski definition) is 5. The van der Waals surface area contributed by atoms with E-state index in [2.05, 4.69) is 10.3 Å². The first-order valence-electron chi connectivity index (χ1n) is 7.19. The van der Waals surface area contributed by atoms with Crippen molar-refractivity contribution in [3.8, 4) is 0 Å². The molecule has 0 saturated carbocycles. The Bertz CT molecular complexity index is 510. The smallest absolute Gasteiger partial charge is 0.335 e. The van der Waals surface area contributed by atoms with Crippen molar-refractivity contribution in [2.24, 2.45) is 0 Å². The number of nitrogens with zero attached hydrogens (tertiary/aromatic N) is 1. The summed E-state index contributed by atoms with van der Waals surface area (Å²) < 4.78 is 5.24. The third-order valence-electron chi connectivity index (χ3n) is 3.71. The summed E-state index contributed by atoms with van der Waals surface area (Å²) in [6.45, 7) is 5.34. The van der Waals surface area contributed by atoms with Gasteiger partial charge in [0.25, 0.3) is 0 Å². The number of ether oxygens (including phenoxy) is 1. The van der Waals surface area contributed by atoms with E-state index in [1.165, 1.54) is 6.07 Å². The first kappa shape index (κ1) is 15.7. The molecule has 116 valence electrons. The summed E-state index contributed by atoms with van der Waals surface area (Å²) in [5.41, 5.74) is 0.100. The van der Waals surface area contributed by atoms with Crippen molar-refractivity contribution in [2.75, 3.05) is 25.1 Å². The predicted octanol–water partition coefficient (Wildman–Crippen LogP) is 1.86. The molecule has 1 aliphatic rings. The maximum Gasteiger partial charge on any atom is 0.335 e. The molecule has 0 unspecified atom stereocenters. The third kappa shape index (κ3) is 4.15. The SMILES string of the molecule is CC(C)c1cc(C(=O)O)cc(NCC2(O)CCOCC2)n1. The van der Waals surface area contributed by atoms with E-state index < -0.39 is 11.6 Å². The molecule has 6 heteroatoms. The normalized spacial score (nSPS) is 17.7. The Kier molecular flexibility index (Phi) is 4.80. The highest BCUT2D eigenvalue weighted by Crippen LogP contribution is 2.22. The highest BCUT2D eigenvalue weighted by Gasteiger charge is 2.29. The molecular formula is C15H22N2O4. The van der Waals surface area contributed by atoms with Crippen LogP contribution in [0.15, 0.2) is 12.1 Å². The van der Waals surface area contributed by atoms with Crippen LogP contribution in [0.3, 0.4) is 0 Å². The van der Waals surface area contributed by atoms with E-state index >= 15 is 0 Å². The Morgan fingerprint density at radius 1 is 1.43 bits per heavy atom. The zero-order chi connectivity index (χ0) is 15.5. The molecule has 0 atom stereocenters. The molecule has 6 nitrogen and oxygen atoms in total. The Balaban J connectivity index is 2.13. The van der Waals surface area contributed by atoms with Crippen LogP contribution in [0.4, 0.5) is 5.82 Å². The van der Waals surface area contributed by atoms with E-state index in [0.717, 1.165) is 5.69 Å². The maximum atomic E-state index is 11.2. The quantitative estimate of drug-likeness (QED) is 0.767. The number of carbonyl (C=O) groups is 1. The number of carboxylic acid groups (broad SMARTS) is 1. The minimum atomic E-state index is -0.980. The minimum absolute atomic E-state index is 0.135. The van der Waals surface area contributed by atoms with Gasteiger partial charge in [0, 0.05) is 38.3 Å². The van der Waals surface area contributed by atoms with E-state index in [1.807, 2.05) is 13.8 Å². The molecule has 2 rings (SSSR count). The van der Waals surface area contributed by atoms with Gasteiger partial charge in [0.05, 0.1) is 11.2 Å². The lowest BCUT2D eigenvalue weighted by Gasteiger charge is -2.32. The van der Waals surface area contributed by atoms with Crippen LogP contribution in [0.25, 0.3) is 0 Å². The van der Waals surface area contributed by atoms with Crippen molar-refractivity contribution in [3.63, 3.8) is 0 Å². The van der Waals surface area contributed by atoms with Gasteiger partial charge in [0.2, 0.25) is 0 Å². The van der Waals surface area contributed by atoms with Crippen LogP contribution in [-0.4, -0.2) is 46.5 Å². The van der Waals surface area contributed by atoms with Gasteiger partial charge in [0.1, 0.15) is 5.82 Å². The Labute approximate surface area is 124 Å². The van der Waals surface area contributed by atoms with Crippen LogP contribution in [0.2, 0.25) is 0 Å². The number of aromatic carboxylic acids is 1. The summed E-state index contributed by atoms with van der Waals surface area (Å²) in [7, 11) is 0. The third-order valence-corrected chi connectivity index (χ3v) is 3.71. The van der Waals surface area contributed by atoms with Gasteiger partial charge in [0.15, 0.2) is 0 Å².